The molecule has 0 aliphatic heterocycles. The molecule has 0 aliphatic rings. The van der Waals surface area contributed by atoms with E-state index in [1.165, 1.54) is 28.1 Å². The van der Waals surface area contributed by atoms with Crippen LogP contribution in [0.1, 0.15) is 67.6 Å². The van der Waals surface area contributed by atoms with Crippen molar-refractivity contribution < 1.29 is 0 Å². The van der Waals surface area contributed by atoms with E-state index in [4.69, 9.17) is 5.10 Å². The van der Waals surface area contributed by atoms with Gasteiger partial charge in [0.05, 0.1) is 11.4 Å². The topological polar surface area (TPSA) is 17.8 Å². The van der Waals surface area contributed by atoms with Crippen molar-refractivity contribution in [3.8, 4) is 5.69 Å². The number of hydrogen-bond donors (Lipinski definition) is 0. The van der Waals surface area contributed by atoms with Crippen LogP contribution < -0.4 is 0 Å². The Morgan fingerprint density at radius 3 is 2.05 bits per heavy atom. The molecular weight excluding hydrogens is 244 g/mol. The van der Waals surface area contributed by atoms with Gasteiger partial charge >= 0.3 is 0 Å². The fourth-order valence-electron chi connectivity index (χ4n) is 3.18. The highest BCUT2D eigenvalue weighted by Gasteiger charge is 2.16. The average molecular weight is 270 g/mol. The summed E-state index contributed by atoms with van der Waals surface area (Å²) in [5.41, 5.74) is 7.70. The molecule has 0 bridgehead atoms. The predicted octanol–water partition coefficient (Wildman–Crippen LogP) is 5.04. The molecule has 20 heavy (non-hydrogen) atoms. The van der Waals surface area contributed by atoms with Gasteiger partial charge < -0.3 is 0 Å². The normalized spacial score (nSPS) is 11.7. The summed E-state index contributed by atoms with van der Waals surface area (Å²) in [4.78, 5) is 0. The van der Waals surface area contributed by atoms with Crippen molar-refractivity contribution in [2.75, 3.05) is 0 Å². The maximum absolute atomic E-state index is 4.73. The standard InChI is InChI=1S/C18H26N2/c1-11(2)17-9-8-16(10-13(17)5)20-15(7)18(12(3)4)14(6)19-20/h8-12H,1-7H3. The zero-order chi connectivity index (χ0) is 15.0. The van der Waals surface area contributed by atoms with E-state index in [0.717, 1.165) is 5.69 Å². The summed E-state index contributed by atoms with van der Waals surface area (Å²) in [6, 6.07) is 6.67. The number of rotatable bonds is 3. The molecule has 0 aliphatic carbocycles. The van der Waals surface area contributed by atoms with Gasteiger partial charge in [-0.15, -0.1) is 0 Å². The van der Waals surface area contributed by atoms with Gasteiger partial charge in [0, 0.05) is 5.69 Å². The van der Waals surface area contributed by atoms with Gasteiger partial charge in [-0.1, -0.05) is 33.8 Å². The molecule has 0 N–H and O–H groups in total. The van der Waals surface area contributed by atoms with Crippen molar-refractivity contribution in [2.45, 2.75) is 60.3 Å². The average Bonchev–Trinajstić information content (AvgIpc) is 2.64. The molecule has 0 atom stereocenters. The Balaban J connectivity index is 2.53. The summed E-state index contributed by atoms with van der Waals surface area (Å²) in [7, 11) is 0. The van der Waals surface area contributed by atoms with Crippen LogP contribution in [-0.4, -0.2) is 9.78 Å². The summed E-state index contributed by atoms with van der Waals surface area (Å²) in [6.07, 6.45) is 0. The fourth-order valence-corrected chi connectivity index (χ4v) is 3.18. The highest BCUT2D eigenvalue weighted by atomic mass is 15.3. The molecule has 2 aromatic rings. The van der Waals surface area contributed by atoms with E-state index >= 15 is 0 Å². The van der Waals surface area contributed by atoms with Gasteiger partial charge in [0.1, 0.15) is 0 Å². The zero-order valence-electron chi connectivity index (χ0n) is 13.8. The summed E-state index contributed by atoms with van der Waals surface area (Å²) in [5.74, 6) is 1.08. The predicted molar refractivity (Wildman–Crippen MR) is 86.0 cm³/mol. The van der Waals surface area contributed by atoms with Gasteiger partial charge in [0.2, 0.25) is 0 Å². The van der Waals surface area contributed by atoms with Crippen LogP contribution in [0.25, 0.3) is 5.69 Å². The van der Waals surface area contributed by atoms with Crippen molar-refractivity contribution in [3.05, 3.63) is 46.3 Å². The lowest BCUT2D eigenvalue weighted by Crippen LogP contribution is -2.02. The molecule has 0 saturated carbocycles. The maximum Gasteiger partial charge on any atom is 0.0651 e. The minimum absolute atomic E-state index is 0.514. The van der Waals surface area contributed by atoms with Crippen molar-refractivity contribution in [1.82, 2.24) is 9.78 Å². The second-order valence-corrected chi connectivity index (χ2v) is 6.35. The SMILES string of the molecule is Cc1cc(-n2nc(C)c(C(C)C)c2C)ccc1C(C)C. The molecule has 1 heterocycles. The van der Waals surface area contributed by atoms with Crippen LogP contribution in [-0.2, 0) is 0 Å². The Labute approximate surface area is 122 Å². The Hall–Kier alpha value is -1.57. The van der Waals surface area contributed by atoms with Crippen LogP contribution in [0.15, 0.2) is 18.2 Å². The molecule has 1 aromatic heterocycles. The van der Waals surface area contributed by atoms with Crippen molar-refractivity contribution in [3.63, 3.8) is 0 Å². The summed E-state index contributed by atoms with van der Waals surface area (Å²) in [5, 5.41) is 4.73. The third-order valence-corrected chi connectivity index (χ3v) is 4.04. The minimum Gasteiger partial charge on any atom is -0.238 e. The van der Waals surface area contributed by atoms with Crippen molar-refractivity contribution in [1.29, 1.82) is 0 Å². The highest BCUT2D eigenvalue weighted by Crippen LogP contribution is 2.27. The summed E-state index contributed by atoms with van der Waals surface area (Å²) < 4.78 is 2.09. The number of aryl methyl sites for hydroxylation is 2. The maximum atomic E-state index is 4.73. The molecule has 0 unspecified atom stereocenters. The molecule has 0 radical (unpaired) electrons. The first-order chi connectivity index (χ1) is 9.32. The largest absolute Gasteiger partial charge is 0.238 e. The lowest BCUT2D eigenvalue weighted by atomic mass is 9.97. The number of benzene rings is 1. The number of hydrogen-bond acceptors (Lipinski definition) is 1. The molecule has 1 aromatic carbocycles. The fraction of sp³-hybridized carbons (Fsp3) is 0.500. The van der Waals surface area contributed by atoms with Gasteiger partial charge in [-0.3, -0.25) is 0 Å². The van der Waals surface area contributed by atoms with E-state index < -0.39 is 0 Å². The van der Waals surface area contributed by atoms with Gasteiger partial charge in [-0.25, -0.2) is 4.68 Å². The molecule has 108 valence electrons. The minimum atomic E-state index is 0.514. The van der Waals surface area contributed by atoms with Crippen LogP contribution in [0.3, 0.4) is 0 Å². The van der Waals surface area contributed by atoms with E-state index in [1.807, 2.05) is 0 Å². The molecule has 0 spiro atoms. The monoisotopic (exact) mass is 270 g/mol. The van der Waals surface area contributed by atoms with Crippen LogP contribution in [0.4, 0.5) is 0 Å². The lowest BCUT2D eigenvalue weighted by molar-refractivity contribution is 0.815. The van der Waals surface area contributed by atoms with E-state index in [1.54, 1.807) is 0 Å². The number of nitrogens with zero attached hydrogens (tertiary/aromatic N) is 2. The third-order valence-electron chi connectivity index (χ3n) is 4.04. The molecule has 2 rings (SSSR count). The summed E-state index contributed by atoms with van der Waals surface area (Å²) >= 11 is 0. The first-order valence-corrected chi connectivity index (χ1v) is 7.50. The molecule has 0 fully saturated rings. The molecule has 2 nitrogen and oxygen atoms in total. The van der Waals surface area contributed by atoms with Crippen LogP contribution >= 0.6 is 0 Å². The third kappa shape index (κ3) is 2.52. The molecule has 0 saturated heterocycles. The Kier molecular flexibility index (Phi) is 4.03. The van der Waals surface area contributed by atoms with Crippen molar-refractivity contribution >= 4 is 0 Å². The Bertz CT molecular complexity index is 619. The Morgan fingerprint density at radius 2 is 1.60 bits per heavy atom. The van der Waals surface area contributed by atoms with Crippen LogP contribution in [0.2, 0.25) is 0 Å². The molecular formula is C18H26N2. The smallest absolute Gasteiger partial charge is 0.0651 e. The van der Waals surface area contributed by atoms with Gasteiger partial charge in [0.15, 0.2) is 0 Å². The van der Waals surface area contributed by atoms with Gasteiger partial charge in [-0.2, -0.15) is 5.10 Å². The van der Waals surface area contributed by atoms with Gasteiger partial charge in [0.25, 0.3) is 0 Å². The second kappa shape index (κ2) is 5.43. The summed E-state index contributed by atoms with van der Waals surface area (Å²) in [6.45, 7) is 15.4. The first kappa shape index (κ1) is 14.8. The number of aromatic nitrogens is 2. The van der Waals surface area contributed by atoms with E-state index in [0.29, 0.717) is 11.8 Å². The van der Waals surface area contributed by atoms with E-state index in [2.05, 4.69) is 71.3 Å². The second-order valence-electron chi connectivity index (χ2n) is 6.35. The van der Waals surface area contributed by atoms with Crippen LogP contribution in [0, 0.1) is 20.8 Å². The van der Waals surface area contributed by atoms with Gasteiger partial charge in [-0.05, 0) is 61.4 Å². The van der Waals surface area contributed by atoms with Crippen LogP contribution in [0.5, 0.6) is 0 Å². The highest BCUT2D eigenvalue weighted by molar-refractivity contribution is 5.43. The van der Waals surface area contributed by atoms with E-state index in [9.17, 15) is 0 Å². The lowest BCUT2D eigenvalue weighted by Gasteiger charge is -2.13. The first-order valence-electron chi connectivity index (χ1n) is 7.50. The molecule has 2 heteroatoms. The van der Waals surface area contributed by atoms with Crippen molar-refractivity contribution in [2.24, 2.45) is 0 Å². The quantitative estimate of drug-likeness (QED) is 0.763. The molecule has 0 amide bonds. The van der Waals surface area contributed by atoms with E-state index in [-0.39, 0.29) is 0 Å². The zero-order valence-corrected chi connectivity index (χ0v) is 13.8. The Morgan fingerprint density at radius 1 is 0.950 bits per heavy atom.